The summed E-state index contributed by atoms with van der Waals surface area (Å²) in [4.78, 5) is 25.9. The Bertz CT molecular complexity index is 1270. The van der Waals surface area contributed by atoms with Crippen LogP contribution in [0.15, 0.2) is 49.2 Å². The number of benzene rings is 1. The summed E-state index contributed by atoms with van der Waals surface area (Å²) in [6, 6.07) is 5.58. The molecule has 14 heteroatoms. The SMILES string of the molecule is O=C(Nc1cnn(Cc2ccc(F)cc2Cl)c1)c1ccn(Cn2cnc([N+](=O)[O-])n2)n1. The third kappa shape index (κ3) is 4.72. The fraction of sp³-hybridized carbons (Fsp3) is 0.118. The van der Waals surface area contributed by atoms with Gasteiger partial charge in [0.2, 0.25) is 6.33 Å². The van der Waals surface area contributed by atoms with Crippen LogP contribution in [0.25, 0.3) is 0 Å². The fourth-order valence-electron chi connectivity index (χ4n) is 2.68. The first-order valence-corrected chi connectivity index (χ1v) is 9.10. The molecule has 0 atom stereocenters. The van der Waals surface area contributed by atoms with Gasteiger partial charge < -0.3 is 15.4 Å². The van der Waals surface area contributed by atoms with Crippen LogP contribution in [0.4, 0.5) is 16.0 Å². The molecular weight excluding hydrogens is 433 g/mol. The Kier molecular flexibility index (Phi) is 5.41. The van der Waals surface area contributed by atoms with Crippen LogP contribution in [0.1, 0.15) is 16.1 Å². The van der Waals surface area contributed by atoms with Crippen LogP contribution in [0, 0.1) is 15.9 Å². The highest BCUT2D eigenvalue weighted by atomic mass is 35.5. The molecule has 0 aliphatic heterocycles. The molecule has 0 fully saturated rings. The number of nitrogens with one attached hydrogen (secondary N) is 1. The lowest BCUT2D eigenvalue weighted by Crippen LogP contribution is -2.14. The van der Waals surface area contributed by atoms with E-state index in [9.17, 15) is 19.3 Å². The van der Waals surface area contributed by atoms with Crippen molar-refractivity contribution in [3.8, 4) is 0 Å². The van der Waals surface area contributed by atoms with Gasteiger partial charge in [-0.25, -0.2) is 9.07 Å². The minimum Gasteiger partial charge on any atom is -0.390 e. The molecule has 0 radical (unpaired) electrons. The van der Waals surface area contributed by atoms with Crippen LogP contribution in [-0.4, -0.2) is 45.2 Å². The number of amides is 1. The first-order chi connectivity index (χ1) is 14.9. The predicted octanol–water partition coefficient (Wildman–Crippen LogP) is 2.18. The Labute approximate surface area is 178 Å². The van der Waals surface area contributed by atoms with Crippen molar-refractivity contribution in [2.75, 3.05) is 5.32 Å². The molecule has 31 heavy (non-hydrogen) atoms. The standard InChI is InChI=1S/C17H13ClFN9O3/c18-14-5-12(19)2-1-11(14)7-26-8-13(6-21-26)22-16(29)15-3-4-25(23-15)10-27-9-20-17(24-27)28(30)31/h1-6,8-9H,7,10H2,(H,22,29). The van der Waals surface area contributed by atoms with Gasteiger partial charge >= 0.3 is 5.95 Å². The Morgan fingerprint density at radius 3 is 2.81 bits per heavy atom. The molecule has 4 aromatic rings. The number of halogens is 2. The molecule has 158 valence electrons. The van der Waals surface area contributed by atoms with Crippen LogP contribution < -0.4 is 5.32 Å². The number of hydrogen-bond donors (Lipinski definition) is 1. The monoisotopic (exact) mass is 445 g/mol. The predicted molar refractivity (Wildman–Crippen MR) is 105 cm³/mol. The Morgan fingerprint density at radius 2 is 2.06 bits per heavy atom. The zero-order valence-electron chi connectivity index (χ0n) is 15.6. The molecule has 0 saturated heterocycles. The molecule has 0 unspecified atom stereocenters. The smallest absolute Gasteiger partial charge is 0.390 e. The third-order valence-electron chi connectivity index (χ3n) is 4.09. The van der Waals surface area contributed by atoms with Gasteiger partial charge in [0.15, 0.2) is 12.4 Å². The van der Waals surface area contributed by atoms with E-state index in [0.717, 1.165) is 0 Å². The van der Waals surface area contributed by atoms with Crippen molar-refractivity contribution in [3.05, 3.63) is 81.4 Å². The second-order valence-corrected chi connectivity index (χ2v) is 6.75. The van der Waals surface area contributed by atoms with E-state index in [2.05, 4.69) is 25.6 Å². The number of rotatable bonds is 7. The molecule has 4 rings (SSSR count). The van der Waals surface area contributed by atoms with E-state index in [1.54, 1.807) is 16.9 Å². The fourth-order valence-corrected chi connectivity index (χ4v) is 2.91. The highest BCUT2D eigenvalue weighted by molar-refractivity contribution is 6.31. The third-order valence-corrected chi connectivity index (χ3v) is 4.44. The molecule has 0 saturated carbocycles. The number of nitro groups is 1. The van der Waals surface area contributed by atoms with Crippen molar-refractivity contribution in [2.45, 2.75) is 13.2 Å². The lowest BCUT2D eigenvalue weighted by Gasteiger charge is -2.04. The van der Waals surface area contributed by atoms with Crippen LogP contribution in [0.2, 0.25) is 5.02 Å². The van der Waals surface area contributed by atoms with E-state index in [1.165, 1.54) is 46.3 Å². The molecule has 1 aromatic carbocycles. The van der Waals surface area contributed by atoms with E-state index in [4.69, 9.17) is 11.6 Å². The van der Waals surface area contributed by atoms with Gasteiger partial charge in [-0.15, -0.1) is 0 Å². The molecule has 12 nitrogen and oxygen atoms in total. The van der Waals surface area contributed by atoms with Gasteiger partial charge in [-0.05, 0) is 28.7 Å². The Morgan fingerprint density at radius 1 is 1.23 bits per heavy atom. The van der Waals surface area contributed by atoms with Crippen molar-refractivity contribution in [3.63, 3.8) is 0 Å². The van der Waals surface area contributed by atoms with E-state index in [0.29, 0.717) is 17.8 Å². The van der Waals surface area contributed by atoms with Gasteiger partial charge in [0.1, 0.15) is 5.82 Å². The number of hydrogen-bond acceptors (Lipinski definition) is 7. The topological polar surface area (TPSA) is 139 Å². The summed E-state index contributed by atoms with van der Waals surface area (Å²) in [6.07, 6.45) is 5.79. The molecule has 3 heterocycles. The summed E-state index contributed by atoms with van der Waals surface area (Å²) in [5, 5.41) is 25.5. The minimum atomic E-state index is -0.706. The molecule has 0 aliphatic rings. The van der Waals surface area contributed by atoms with Crippen LogP contribution in [0.5, 0.6) is 0 Å². The van der Waals surface area contributed by atoms with Gasteiger partial charge in [0, 0.05) is 22.5 Å². The van der Waals surface area contributed by atoms with Crippen molar-refractivity contribution in [1.82, 2.24) is 34.3 Å². The maximum Gasteiger partial charge on any atom is 0.491 e. The zero-order valence-corrected chi connectivity index (χ0v) is 16.3. The van der Waals surface area contributed by atoms with Gasteiger partial charge in [0.05, 0.1) is 18.4 Å². The van der Waals surface area contributed by atoms with Crippen molar-refractivity contribution >= 4 is 29.1 Å². The average Bonchev–Trinajstić information content (AvgIpc) is 3.46. The normalized spacial score (nSPS) is 10.9. The maximum atomic E-state index is 13.2. The zero-order chi connectivity index (χ0) is 22.0. The van der Waals surface area contributed by atoms with Crippen LogP contribution >= 0.6 is 11.6 Å². The molecule has 0 bridgehead atoms. The minimum absolute atomic E-state index is 0.0461. The molecule has 1 N–H and O–H groups in total. The summed E-state index contributed by atoms with van der Waals surface area (Å²) in [6.45, 7) is 0.345. The average molecular weight is 446 g/mol. The van der Waals surface area contributed by atoms with Gasteiger partial charge in [-0.3, -0.25) is 9.48 Å². The summed E-state index contributed by atoms with van der Waals surface area (Å²) >= 11 is 6.02. The number of carbonyl (C=O) groups is 1. The lowest BCUT2D eigenvalue weighted by molar-refractivity contribution is -0.394. The van der Waals surface area contributed by atoms with Gasteiger partial charge in [-0.2, -0.15) is 14.9 Å². The summed E-state index contributed by atoms with van der Waals surface area (Å²) in [5.74, 6) is -1.42. The van der Waals surface area contributed by atoms with Crippen molar-refractivity contribution in [2.24, 2.45) is 0 Å². The van der Waals surface area contributed by atoms with Crippen LogP contribution in [-0.2, 0) is 13.2 Å². The van der Waals surface area contributed by atoms with E-state index < -0.39 is 22.6 Å². The van der Waals surface area contributed by atoms with Crippen LogP contribution in [0.3, 0.4) is 0 Å². The summed E-state index contributed by atoms with van der Waals surface area (Å²) in [7, 11) is 0. The Hall–Kier alpha value is -4.13. The highest BCUT2D eigenvalue weighted by Gasteiger charge is 2.15. The first-order valence-electron chi connectivity index (χ1n) is 8.72. The highest BCUT2D eigenvalue weighted by Crippen LogP contribution is 2.19. The molecule has 0 aliphatic carbocycles. The van der Waals surface area contributed by atoms with E-state index >= 15 is 0 Å². The largest absolute Gasteiger partial charge is 0.491 e. The Balaban J connectivity index is 1.38. The quantitative estimate of drug-likeness (QED) is 0.339. The summed E-state index contributed by atoms with van der Waals surface area (Å²) in [5.41, 5.74) is 1.24. The van der Waals surface area contributed by atoms with E-state index in [-0.39, 0.29) is 17.4 Å². The number of carbonyl (C=O) groups excluding carboxylic acids is 1. The number of nitrogens with zero attached hydrogens (tertiary/aromatic N) is 8. The summed E-state index contributed by atoms with van der Waals surface area (Å²) < 4.78 is 17.3. The van der Waals surface area contributed by atoms with Crippen molar-refractivity contribution in [1.29, 1.82) is 0 Å². The van der Waals surface area contributed by atoms with Gasteiger partial charge in [0.25, 0.3) is 5.91 Å². The molecule has 3 aromatic heterocycles. The molecular formula is C17H13ClFN9O3. The van der Waals surface area contributed by atoms with E-state index in [1.807, 2.05) is 0 Å². The first kappa shape index (κ1) is 20.2. The second kappa shape index (κ2) is 8.31. The number of anilines is 1. The molecule has 1 amide bonds. The number of aromatic nitrogens is 7. The molecule has 0 spiro atoms. The van der Waals surface area contributed by atoms with Crippen molar-refractivity contribution < 1.29 is 14.1 Å². The lowest BCUT2D eigenvalue weighted by atomic mass is 10.2. The maximum absolute atomic E-state index is 13.2. The van der Waals surface area contributed by atoms with Gasteiger partial charge in [-0.1, -0.05) is 22.7 Å². The second-order valence-electron chi connectivity index (χ2n) is 6.34.